The van der Waals surface area contributed by atoms with Gasteiger partial charge in [-0.1, -0.05) is 55.6 Å². The fourth-order valence-electron chi connectivity index (χ4n) is 4.89. The molecule has 0 spiro atoms. The lowest BCUT2D eigenvalue weighted by Crippen LogP contribution is -2.21. The van der Waals surface area contributed by atoms with Gasteiger partial charge in [0.1, 0.15) is 34.5 Å². The number of para-hydroxylation sites is 1. The van der Waals surface area contributed by atoms with E-state index in [-0.39, 0.29) is 23.0 Å². The zero-order valence-electron chi connectivity index (χ0n) is 22.5. The van der Waals surface area contributed by atoms with E-state index in [1.807, 2.05) is 31.2 Å². The van der Waals surface area contributed by atoms with Crippen molar-refractivity contribution in [2.24, 2.45) is 5.73 Å². The van der Waals surface area contributed by atoms with Crippen molar-refractivity contribution in [3.05, 3.63) is 99.1 Å². The molecule has 0 aliphatic carbocycles. The smallest absolute Gasteiger partial charge is 0.379 e. The summed E-state index contributed by atoms with van der Waals surface area (Å²) in [6.07, 6.45) is 3.10. The maximum atomic E-state index is 13.1. The van der Waals surface area contributed by atoms with Crippen LogP contribution in [0.4, 0.5) is 0 Å². The van der Waals surface area contributed by atoms with E-state index in [2.05, 4.69) is 13.0 Å². The Morgan fingerprint density at radius 2 is 1.90 bits per heavy atom. The molecule has 8 heteroatoms. The molecular weight excluding hydrogens is 528 g/mol. The van der Waals surface area contributed by atoms with Gasteiger partial charge >= 0.3 is 5.97 Å². The van der Waals surface area contributed by atoms with Gasteiger partial charge < -0.3 is 24.4 Å². The number of carbonyl (C=O) groups is 1. The third kappa shape index (κ3) is 5.11. The summed E-state index contributed by atoms with van der Waals surface area (Å²) in [4.78, 5) is 13.1. The second-order valence-electron chi connectivity index (χ2n) is 9.76. The van der Waals surface area contributed by atoms with Crippen LogP contribution in [0.1, 0.15) is 64.9 Å². The van der Waals surface area contributed by atoms with Gasteiger partial charge in [-0.05, 0) is 50.1 Å². The van der Waals surface area contributed by atoms with Gasteiger partial charge in [-0.2, -0.15) is 5.26 Å². The van der Waals surface area contributed by atoms with Crippen LogP contribution in [-0.2, 0) is 0 Å². The number of nitrogens with two attached hydrogens (primary N) is 1. The first-order valence-corrected chi connectivity index (χ1v) is 13.5. The van der Waals surface area contributed by atoms with Gasteiger partial charge in [0.05, 0.1) is 12.5 Å². The summed E-state index contributed by atoms with van der Waals surface area (Å²) in [5.74, 6) is 0.236. The highest BCUT2D eigenvalue weighted by Gasteiger charge is 2.33. The molecule has 5 rings (SSSR count). The molecule has 2 heterocycles. The molecule has 3 aromatic carbocycles. The second-order valence-corrected chi connectivity index (χ2v) is 10.2. The van der Waals surface area contributed by atoms with Gasteiger partial charge in [-0.25, -0.2) is 4.79 Å². The summed E-state index contributed by atoms with van der Waals surface area (Å²) in [6, 6.07) is 18.4. The highest BCUT2D eigenvalue weighted by atomic mass is 35.5. The van der Waals surface area contributed by atoms with Crippen LogP contribution in [-0.4, -0.2) is 12.6 Å². The number of benzene rings is 3. The van der Waals surface area contributed by atoms with E-state index in [0.29, 0.717) is 39.8 Å². The number of unbranched alkanes of at least 4 members (excludes halogenated alkanes) is 2. The van der Waals surface area contributed by atoms with E-state index in [1.54, 1.807) is 37.3 Å². The number of hydrogen-bond donors (Lipinski definition) is 1. The normalized spacial score (nSPS) is 14.4. The SMILES string of the molecule is CCCCCOc1ccccc1C1C(C#N)=C(N)Oc2cc(OC(=O)c3oc4cc(C)c(Cl)cc4c3C)ccc21. The Bertz CT molecular complexity index is 1680. The fraction of sp³-hybridized carbons (Fsp3) is 0.250. The van der Waals surface area contributed by atoms with E-state index in [0.717, 1.165) is 35.8 Å². The number of furan rings is 1. The number of aryl methyl sites for hydroxylation is 2. The van der Waals surface area contributed by atoms with Crippen molar-refractivity contribution in [2.45, 2.75) is 46.0 Å². The van der Waals surface area contributed by atoms with Gasteiger partial charge in [-0.3, -0.25) is 0 Å². The number of carbonyl (C=O) groups excluding carboxylic acids is 1. The summed E-state index contributed by atoms with van der Waals surface area (Å²) in [5.41, 5.74) is 10.1. The Hall–Kier alpha value is -4.41. The number of esters is 1. The van der Waals surface area contributed by atoms with Crippen LogP contribution in [0, 0.1) is 25.2 Å². The maximum absolute atomic E-state index is 13.1. The van der Waals surface area contributed by atoms with Gasteiger partial charge in [0.15, 0.2) is 0 Å². The number of allylic oxidation sites excluding steroid dienone is 1. The van der Waals surface area contributed by atoms with E-state index in [9.17, 15) is 10.1 Å². The quantitative estimate of drug-likeness (QED) is 0.134. The summed E-state index contributed by atoms with van der Waals surface area (Å²) < 4.78 is 23.4. The number of hydrogen-bond acceptors (Lipinski definition) is 7. The first-order chi connectivity index (χ1) is 19.3. The Balaban J connectivity index is 1.46. The highest BCUT2D eigenvalue weighted by molar-refractivity contribution is 6.32. The molecule has 1 aliphatic heterocycles. The van der Waals surface area contributed by atoms with Crippen LogP contribution < -0.4 is 19.9 Å². The zero-order valence-corrected chi connectivity index (χ0v) is 23.3. The number of nitriles is 1. The number of nitrogens with zero attached hydrogens (tertiary/aromatic N) is 1. The molecule has 1 atom stereocenters. The summed E-state index contributed by atoms with van der Waals surface area (Å²) in [6.45, 7) is 6.36. The van der Waals surface area contributed by atoms with Crippen LogP contribution >= 0.6 is 11.6 Å². The predicted octanol–water partition coefficient (Wildman–Crippen LogP) is 7.71. The fourth-order valence-corrected chi connectivity index (χ4v) is 5.06. The number of halogens is 1. The van der Waals surface area contributed by atoms with Crippen LogP contribution in [0.2, 0.25) is 5.02 Å². The van der Waals surface area contributed by atoms with Gasteiger partial charge in [-0.15, -0.1) is 0 Å². The van der Waals surface area contributed by atoms with Gasteiger partial charge in [0.25, 0.3) is 0 Å². The molecule has 0 radical (unpaired) electrons. The minimum atomic E-state index is -0.651. The molecule has 0 amide bonds. The van der Waals surface area contributed by atoms with Crippen LogP contribution in [0.25, 0.3) is 11.0 Å². The first kappa shape index (κ1) is 27.2. The highest BCUT2D eigenvalue weighted by Crippen LogP contribution is 2.46. The summed E-state index contributed by atoms with van der Waals surface area (Å²) in [5, 5.41) is 11.3. The molecular formula is C32H29ClN2O5. The summed E-state index contributed by atoms with van der Waals surface area (Å²) >= 11 is 6.27. The van der Waals surface area contributed by atoms with E-state index >= 15 is 0 Å². The van der Waals surface area contributed by atoms with Gasteiger partial charge in [0, 0.05) is 33.2 Å². The number of rotatable bonds is 8. The molecule has 1 aliphatic rings. The third-order valence-electron chi connectivity index (χ3n) is 7.04. The van der Waals surface area contributed by atoms with Crippen LogP contribution in [0.3, 0.4) is 0 Å². The average Bonchev–Trinajstić information content (AvgIpc) is 3.25. The lowest BCUT2D eigenvalue weighted by molar-refractivity contribution is 0.0702. The monoisotopic (exact) mass is 556 g/mol. The molecule has 0 fully saturated rings. The minimum Gasteiger partial charge on any atom is -0.493 e. The average molecular weight is 557 g/mol. The number of ether oxygens (including phenoxy) is 3. The van der Waals surface area contributed by atoms with Crippen molar-refractivity contribution in [3.8, 4) is 23.3 Å². The molecule has 0 bridgehead atoms. The number of fused-ring (bicyclic) bond motifs is 2. The maximum Gasteiger partial charge on any atom is 0.379 e. The molecule has 1 aromatic heterocycles. The first-order valence-electron chi connectivity index (χ1n) is 13.2. The zero-order chi connectivity index (χ0) is 28.4. The summed E-state index contributed by atoms with van der Waals surface area (Å²) in [7, 11) is 0. The largest absolute Gasteiger partial charge is 0.493 e. The van der Waals surface area contributed by atoms with Crippen LogP contribution in [0.15, 0.2) is 70.5 Å². The van der Waals surface area contributed by atoms with Crippen molar-refractivity contribution in [1.82, 2.24) is 0 Å². The van der Waals surface area contributed by atoms with Crippen molar-refractivity contribution in [2.75, 3.05) is 6.61 Å². The molecule has 1 unspecified atom stereocenters. The van der Waals surface area contributed by atoms with E-state index in [4.69, 9.17) is 36.0 Å². The molecule has 7 nitrogen and oxygen atoms in total. The lowest BCUT2D eigenvalue weighted by Gasteiger charge is -2.28. The molecule has 0 saturated carbocycles. The van der Waals surface area contributed by atoms with Crippen molar-refractivity contribution >= 4 is 28.5 Å². The molecule has 40 heavy (non-hydrogen) atoms. The topological polar surface area (TPSA) is 108 Å². The Kier molecular flexibility index (Phi) is 7.72. The molecule has 2 N–H and O–H groups in total. The molecule has 0 saturated heterocycles. The Morgan fingerprint density at radius 1 is 1.10 bits per heavy atom. The van der Waals surface area contributed by atoms with E-state index in [1.165, 1.54) is 0 Å². The van der Waals surface area contributed by atoms with Crippen molar-refractivity contribution in [1.29, 1.82) is 5.26 Å². The van der Waals surface area contributed by atoms with Crippen molar-refractivity contribution in [3.63, 3.8) is 0 Å². The Labute approximate surface area is 237 Å². The molecule has 204 valence electrons. The van der Waals surface area contributed by atoms with Crippen LogP contribution in [0.5, 0.6) is 17.2 Å². The standard InChI is InChI=1S/C32H29ClN2O5/c1-4-5-8-13-37-26-10-7-6-9-21(26)29-22-12-11-20(15-28(22)40-31(35)24(29)17-34)38-32(36)30-19(3)23-16-25(33)18(2)14-27(23)39-30/h6-7,9-12,14-16,29H,4-5,8,13,35H2,1-3H3. The second kappa shape index (κ2) is 11.4. The lowest BCUT2D eigenvalue weighted by atomic mass is 9.83. The Morgan fingerprint density at radius 3 is 2.67 bits per heavy atom. The van der Waals surface area contributed by atoms with Crippen molar-refractivity contribution < 1.29 is 23.4 Å². The third-order valence-corrected chi connectivity index (χ3v) is 7.45. The predicted molar refractivity (Wildman–Crippen MR) is 153 cm³/mol. The minimum absolute atomic E-state index is 0.00959. The molecule has 4 aromatic rings. The van der Waals surface area contributed by atoms with Gasteiger partial charge in [0.2, 0.25) is 11.6 Å². The van der Waals surface area contributed by atoms with E-state index < -0.39 is 11.9 Å².